The Hall–Kier alpha value is -1.85. The molecule has 2 aliphatic heterocycles. The zero-order chi connectivity index (χ0) is 16.2. The molecule has 1 saturated heterocycles. The highest BCUT2D eigenvalue weighted by Gasteiger charge is 2.28. The summed E-state index contributed by atoms with van der Waals surface area (Å²) < 4.78 is 1.97. The second-order valence-electron chi connectivity index (χ2n) is 6.46. The van der Waals surface area contributed by atoms with Crippen molar-refractivity contribution in [3.05, 3.63) is 17.5 Å². The summed E-state index contributed by atoms with van der Waals surface area (Å²) in [5.41, 5.74) is 1.85. The van der Waals surface area contributed by atoms with Gasteiger partial charge >= 0.3 is 0 Å². The molecule has 2 aliphatic rings. The summed E-state index contributed by atoms with van der Waals surface area (Å²) >= 11 is 0. The number of carbonyl (C=O) groups excluding carboxylic acids is 2. The molecule has 0 atom stereocenters. The van der Waals surface area contributed by atoms with Crippen LogP contribution in [0.3, 0.4) is 0 Å². The topological polar surface area (TPSA) is 58.4 Å². The van der Waals surface area contributed by atoms with Crippen molar-refractivity contribution in [2.24, 2.45) is 0 Å². The fourth-order valence-electron chi connectivity index (χ4n) is 3.42. The van der Waals surface area contributed by atoms with Crippen LogP contribution in [0.1, 0.15) is 55.1 Å². The molecular weight excluding hydrogens is 292 g/mol. The molecule has 0 N–H and O–H groups in total. The summed E-state index contributed by atoms with van der Waals surface area (Å²) in [6.45, 7) is 5.57. The molecule has 0 aromatic carbocycles. The second kappa shape index (κ2) is 7.15. The Morgan fingerprint density at radius 1 is 1.09 bits per heavy atom. The van der Waals surface area contributed by atoms with Gasteiger partial charge in [-0.1, -0.05) is 13.3 Å². The number of piperazine rings is 1. The highest BCUT2D eigenvalue weighted by atomic mass is 16.2. The van der Waals surface area contributed by atoms with Crippen LogP contribution in [0.5, 0.6) is 0 Å². The zero-order valence-corrected chi connectivity index (χ0v) is 14.0. The molecule has 0 radical (unpaired) electrons. The monoisotopic (exact) mass is 318 g/mol. The molecule has 0 unspecified atom stereocenters. The van der Waals surface area contributed by atoms with E-state index in [9.17, 15) is 9.59 Å². The molecule has 3 rings (SSSR count). The van der Waals surface area contributed by atoms with E-state index in [0.717, 1.165) is 49.9 Å². The number of unbranched alkanes of at least 4 members (excludes halogenated alkanes) is 1. The van der Waals surface area contributed by atoms with Gasteiger partial charge in [-0.25, -0.2) is 0 Å². The lowest BCUT2D eigenvalue weighted by atomic mass is 10.1. The highest BCUT2D eigenvalue weighted by molar-refractivity contribution is 5.95. The number of aryl methyl sites for hydroxylation is 1. The third kappa shape index (κ3) is 3.41. The Morgan fingerprint density at radius 3 is 2.57 bits per heavy atom. The van der Waals surface area contributed by atoms with E-state index in [4.69, 9.17) is 0 Å². The first-order chi connectivity index (χ1) is 11.2. The minimum Gasteiger partial charge on any atom is -0.339 e. The van der Waals surface area contributed by atoms with Crippen molar-refractivity contribution in [1.82, 2.24) is 19.6 Å². The lowest BCUT2D eigenvalue weighted by Gasteiger charge is -2.35. The van der Waals surface area contributed by atoms with E-state index in [2.05, 4.69) is 12.0 Å². The van der Waals surface area contributed by atoms with E-state index in [1.54, 1.807) is 6.20 Å². The van der Waals surface area contributed by atoms with Crippen LogP contribution >= 0.6 is 0 Å². The normalized spacial score (nSPS) is 18.0. The van der Waals surface area contributed by atoms with E-state index >= 15 is 0 Å². The smallest absolute Gasteiger partial charge is 0.257 e. The molecular formula is C17H26N4O2. The number of carbonyl (C=O) groups is 2. The predicted octanol–water partition coefficient (Wildman–Crippen LogP) is 1.69. The van der Waals surface area contributed by atoms with Gasteiger partial charge < -0.3 is 9.80 Å². The zero-order valence-electron chi connectivity index (χ0n) is 14.0. The van der Waals surface area contributed by atoms with Crippen molar-refractivity contribution in [2.75, 3.05) is 26.2 Å². The highest BCUT2D eigenvalue weighted by Crippen LogP contribution is 2.20. The fraction of sp³-hybridized carbons (Fsp3) is 0.706. The van der Waals surface area contributed by atoms with Crippen LogP contribution in [0.25, 0.3) is 0 Å². The van der Waals surface area contributed by atoms with E-state index in [0.29, 0.717) is 32.6 Å². The summed E-state index contributed by atoms with van der Waals surface area (Å²) in [4.78, 5) is 28.6. The minimum atomic E-state index is 0.0776. The van der Waals surface area contributed by atoms with E-state index in [1.165, 1.54) is 0 Å². The van der Waals surface area contributed by atoms with Crippen molar-refractivity contribution in [1.29, 1.82) is 0 Å². The fourth-order valence-corrected chi connectivity index (χ4v) is 3.42. The number of aromatic nitrogens is 2. The van der Waals surface area contributed by atoms with Gasteiger partial charge in [0.05, 0.1) is 17.5 Å². The molecule has 6 heteroatoms. The average molecular weight is 318 g/mol. The van der Waals surface area contributed by atoms with Gasteiger partial charge in [-0.15, -0.1) is 0 Å². The molecule has 0 bridgehead atoms. The number of nitrogens with zero attached hydrogens (tertiary/aromatic N) is 4. The van der Waals surface area contributed by atoms with E-state index < -0.39 is 0 Å². The van der Waals surface area contributed by atoms with Crippen LogP contribution in [0.4, 0.5) is 0 Å². The maximum atomic E-state index is 12.8. The van der Waals surface area contributed by atoms with Crippen molar-refractivity contribution >= 4 is 11.8 Å². The summed E-state index contributed by atoms with van der Waals surface area (Å²) in [6, 6.07) is 0. The van der Waals surface area contributed by atoms with Crippen LogP contribution in [-0.2, 0) is 17.8 Å². The number of fused-ring (bicyclic) bond motifs is 1. The van der Waals surface area contributed by atoms with Crippen LogP contribution in [0.2, 0.25) is 0 Å². The Balaban J connectivity index is 1.58. The molecule has 3 heterocycles. The van der Waals surface area contributed by atoms with Crippen molar-refractivity contribution < 1.29 is 9.59 Å². The molecule has 1 aromatic heterocycles. The summed E-state index contributed by atoms with van der Waals surface area (Å²) in [5.74, 6) is 0.302. The molecule has 1 fully saturated rings. The quantitative estimate of drug-likeness (QED) is 0.849. The number of rotatable bonds is 4. The van der Waals surface area contributed by atoms with Crippen LogP contribution < -0.4 is 0 Å². The summed E-state index contributed by atoms with van der Waals surface area (Å²) in [6.07, 6.45) is 7.55. The summed E-state index contributed by atoms with van der Waals surface area (Å²) in [5, 5.41) is 4.35. The molecule has 23 heavy (non-hydrogen) atoms. The third-order valence-corrected chi connectivity index (χ3v) is 4.88. The first-order valence-corrected chi connectivity index (χ1v) is 8.82. The predicted molar refractivity (Wildman–Crippen MR) is 87.2 cm³/mol. The van der Waals surface area contributed by atoms with Gasteiger partial charge in [0.25, 0.3) is 5.91 Å². The van der Waals surface area contributed by atoms with Gasteiger partial charge in [-0.3, -0.25) is 14.3 Å². The van der Waals surface area contributed by atoms with Crippen LogP contribution in [-0.4, -0.2) is 57.6 Å². The van der Waals surface area contributed by atoms with Crippen molar-refractivity contribution in [3.63, 3.8) is 0 Å². The van der Waals surface area contributed by atoms with E-state index in [-0.39, 0.29) is 11.8 Å². The van der Waals surface area contributed by atoms with Crippen LogP contribution in [0, 0.1) is 0 Å². The van der Waals surface area contributed by atoms with E-state index in [1.807, 2.05) is 14.5 Å². The van der Waals surface area contributed by atoms with Crippen molar-refractivity contribution in [2.45, 2.75) is 52.0 Å². The molecule has 6 nitrogen and oxygen atoms in total. The Kier molecular flexibility index (Phi) is 4.98. The Bertz CT molecular complexity index is 573. The van der Waals surface area contributed by atoms with Gasteiger partial charge in [-0.05, 0) is 25.7 Å². The Morgan fingerprint density at radius 2 is 1.83 bits per heavy atom. The lowest BCUT2D eigenvalue weighted by Crippen LogP contribution is -2.50. The number of hydrogen-bond donors (Lipinski definition) is 0. The number of hydrogen-bond acceptors (Lipinski definition) is 3. The minimum absolute atomic E-state index is 0.0776. The molecule has 126 valence electrons. The SMILES string of the molecule is CCCCC(=O)N1CCN(C(=O)c2cnn3c2CCCC3)CC1. The van der Waals surface area contributed by atoms with Gasteiger partial charge in [-0.2, -0.15) is 5.10 Å². The number of amides is 2. The first kappa shape index (κ1) is 16.0. The molecule has 1 aromatic rings. The maximum absolute atomic E-state index is 12.8. The molecule has 0 spiro atoms. The van der Waals surface area contributed by atoms with Crippen LogP contribution in [0.15, 0.2) is 6.20 Å². The molecule has 0 aliphatic carbocycles. The van der Waals surface area contributed by atoms with Gasteiger partial charge in [0.15, 0.2) is 0 Å². The average Bonchev–Trinajstić information content (AvgIpc) is 3.03. The second-order valence-corrected chi connectivity index (χ2v) is 6.46. The maximum Gasteiger partial charge on any atom is 0.257 e. The first-order valence-electron chi connectivity index (χ1n) is 8.82. The Labute approximate surface area is 137 Å². The van der Waals surface area contributed by atoms with Crippen molar-refractivity contribution in [3.8, 4) is 0 Å². The lowest BCUT2D eigenvalue weighted by molar-refractivity contribution is -0.132. The third-order valence-electron chi connectivity index (χ3n) is 4.88. The molecule has 0 saturated carbocycles. The standard InChI is InChI=1S/C17H26N4O2/c1-2-3-7-16(22)19-9-11-20(12-10-19)17(23)14-13-18-21-8-5-4-6-15(14)21/h13H,2-12H2,1H3. The van der Waals surface area contributed by atoms with Gasteiger partial charge in [0.1, 0.15) is 0 Å². The van der Waals surface area contributed by atoms with Gasteiger partial charge in [0, 0.05) is 39.1 Å². The summed E-state index contributed by atoms with van der Waals surface area (Å²) in [7, 11) is 0. The largest absolute Gasteiger partial charge is 0.339 e. The molecule has 2 amide bonds. The van der Waals surface area contributed by atoms with Gasteiger partial charge in [0.2, 0.25) is 5.91 Å².